The van der Waals surface area contributed by atoms with E-state index in [9.17, 15) is 9.18 Å². The standard InChI is InChI=1S/C18H14FNO/c1-12-7-9-14(10-8-12)20-13(2)16(11-18(20)21)15-5-3-4-6-17(15)19/h3-11H,2H2,1H3. The summed E-state index contributed by atoms with van der Waals surface area (Å²) in [5.41, 5.74) is 3.26. The van der Waals surface area contributed by atoms with Gasteiger partial charge in [0.15, 0.2) is 0 Å². The van der Waals surface area contributed by atoms with Crippen molar-refractivity contribution in [3.8, 4) is 0 Å². The van der Waals surface area contributed by atoms with Crippen molar-refractivity contribution in [2.24, 2.45) is 0 Å². The maximum absolute atomic E-state index is 13.9. The van der Waals surface area contributed by atoms with Crippen LogP contribution in [0.3, 0.4) is 0 Å². The average molecular weight is 279 g/mol. The minimum atomic E-state index is -0.358. The van der Waals surface area contributed by atoms with Crippen molar-refractivity contribution in [3.63, 3.8) is 0 Å². The summed E-state index contributed by atoms with van der Waals surface area (Å²) in [4.78, 5) is 13.7. The number of nitrogens with zero attached hydrogens (tertiary/aromatic N) is 1. The summed E-state index contributed by atoms with van der Waals surface area (Å²) in [6, 6.07) is 14.0. The predicted octanol–water partition coefficient (Wildman–Crippen LogP) is 4.08. The Morgan fingerprint density at radius 2 is 1.71 bits per heavy atom. The number of halogens is 1. The topological polar surface area (TPSA) is 20.3 Å². The van der Waals surface area contributed by atoms with Crippen molar-refractivity contribution in [3.05, 3.63) is 83.8 Å². The Balaban J connectivity index is 2.00. The average Bonchev–Trinajstić information content (AvgIpc) is 2.76. The number of hydrogen-bond donors (Lipinski definition) is 0. The summed E-state index contributed by atoms with van der Waals surface area (Å²) >= 11 is 0. The van der Waals surface area contributed by atoms with Crippen LogP contribution in [-0.2, 0) is 4.79 Å². The molecule has 0 N–H and O–H groups in total. The van der Waals surface area contributed by atoms with Crippen LogP contribution in [0.4, 0.5) is 10.1 Å². The van der Waals surface area contributed by atoms with Gasteiger partial charge in [-0.1, -0.05) is 42.5 Å². The highest BCUT2D eigenvalue weighted by Gasteiger charge is 2.29. The van der Waals surface area contributed by atoms with E-state index in [1.54, 1.807) is 18.2 Å². The predicted molar refractivity (Wildman–Crippen MR) is 82.2 cm³/mol. The second-order valence-corrected chi connectivity index (χ2v) is 4.99. The van der Waals surface area contributed by atoms with Crippen molar-refractivity contribution >= 4 is 17.2 Å². The Bertz CT molecular complexity index is 759. The zero-order valence-electron chi connectivity index (χ0n) is 11.6. The molecule has 0 unspecified atom stereocenters. The van der Waals surface area contributed by atoms with Crippen LogP contribution in [0.5, 0.6) is 0 Å². The van der Waals surface area contributed by atoms with E-state index in [1.807, 2.05) is 31.2 Å². The summed E-state index contributed by atoms with van der Waals surface area (Å²) in [6.07, 6.45) is 1.43. The first-order valence-corrected chi connectivity index (χ1v) is 6.64. The summed E-state index contributed by atoms with van der Waals surface area (Å²) in [7, 11) is 0. The van der Waals surface area contributed by atoms with Gasteiger partial charge in [0.05, 0.1) is 5.70 Å². The maximum Gasteiger partial charge on any atom is 0.256 e. The molecule has 0 saturated heterocycles. The third kappa shape index (κ3) is 2.27. The second kappa shape index (κ2) is 5.02. The van der Waals surface area contributed by atoms with E-state index in [0.29, 0.717) is 16.8 Å². The van der Waals surface area contributed by atoms with E-state index in [2.05, 4.69) is 6.58 Å². The monoisotopic (exact) mass is 279 g/mol. The molecular weight excluding hydrogens is 265 g/mol. The molecule has 0 saturated carbocycles. The number of allylic oxidation sites excluding steroid dienone is 1. The van der Waals surface area contributed by atoms with E-state index in [4.69, 9.17) is 0 Å². The van der Waals surface area contributed by atoms with Crippen LogP contribution >= 0.6 is 0 Å². The highest BCUT2D eigenvalue weighted by atomic mass is 19.1. The van der Waals surface area contributed by atoms with Crippen LogP contribution in [-0.4, -0.2) is 5.91 Å². The van der Waals surface area contributed by atoms with Crippen LogP contribution in [0.1, 0.15) is 11.1 Å². The van der Waals surface area contributed by atoms with E-state index in [1.165, 1.54) is 17.0 Å². The Morgan fingerprint density at radius 1 is 1.05 bits per heavy atom. The first-order valence-electron chi connectivity index (χ1n) is 6.64. The van der Waals surface area contributed by atoms with Crippen LogP contribution in [0.25, 0.3) is 5.57 Å². The number of aryl methyl sites for hydroxylation is 1. The largest absolute Gasteiger partial charge is 0.277 e. The number of hydrogen-bond acceptors (Lipinski definition) is 1. The Kier molecular flexibility index (Phi) is 3.18. The number of benzene rings is 2. The molecule has 0 aliphatic carbocycles. The van der Waals surface area contributed by atoms with Gasteiger partial charge in [-0.05, 0) is 25.1 Å². The van der Waals surface area contributed by atoms with Gasteiger partial charge in [0.1, 0.15) is 5.82 Å². The fourth-order valence-electron chi connectivity index (χ4n) is 2.41. The number of rotatable bonds is 2. The van der Waals surface area contributed by atoms with Crippen molar-refractivity contribution in [1.82, 2.24) is 0 Å². The number of carbonyl (C=O) groups is 1. The third-order valence-corrected chi connectivity index (χ3v) is 3.53. The molecule has 0 radical (unpaired) electrons. The van der Waals surface area contributed by atoms with Gasteiger partial charge >= 0.3 is 0 Å². The maximum atomic E-state index is 13.9. The Morgan fingerprint density at radius 3 is 2.38 bits per heavy atom. The second-order valence-electron chi connectivity index (χ2n) is 4.99. The molecule has 1 heterocycles. The molecule has 1 aliphatic rings. The molecule has 1 amide bonds. The molecule has 2 nitrogen and oxygen atoms in total. The summed E-state index contributed by atoms with van der Waals surface area (Å²) < 4.78 is 13.9. The van der Waals surface area contributed by atoms with Gasteiger partial charge in [0.25, 0.3) is 5.91 Å². The van der Waals surface area contributed by atoms with Crippen LogP contribution < -0.4 is 4.90 Å². The lowest BCUT2D eigenvalue weighted by Gasteiger charge is -2.19. The highest BCUT2D eigenvalue weighted by Crippen LogP contribution is 2.35. The lowest BCUT2D eigenvalue weighted by atomic mass is 10.0. The molecule has 0 spiro atoms. The van der Waals surface area contributed by atoms with Gasteiger partial charge in [0.2, 0.25) is 0 Å². The first kappa shape index (κ1) is 13.3. The van der Waals surface area contributed by atoms with Gasteiger partial charge < -0.3 is 0 Å². The fourth-order valence-corrected chi connectivity index (χ4v) is 2.41. The number of carbonyl (C=O) groups excluding carboxylic acids is 1. The third-order valence-electron chi connectivity index (χ3n) is 3.53. The molecule has 0 aromatic heterocycles. The molecule has 0 fully saturated rings. The highest BCUT2D eigenvalue weighted by molar-refractivity contribution is 6.17. The SMILES string of the molecule is C=C1C(c2ccccc2F)=CC(=O)N1c1ccc(C)cc1. The summed E-state index contributed by atoms with van der Waals surface area (Å²) in [6.45, 7) is 5.93. The Labute approximate surface area is 122 Å². The van der Waals surface area contributed by atoms with Gasteiger partial charge in [-0.3, -0.25) is 9.69 Å². The summed E-state index contributed by atoms with van der Waals surface area (Å²) in [5.74, 6) is -0.564. The lowest BCUT2D eigenvalue weighted by Crippen LogP contribution is -2.22. The number of amides is 1. The van der Waals surface area contributed by atoms with Gasteiger partial charge in [-0.2, -0.15) is 0 Å². The van der Waals surface area contributed by atoms with E-state index >= 15 is 0 Å². The van der Waals surface area contributed by atoms with E-state index in [0.717, 1.165) is 11.3 Å². The molecule has 21 heavy (non-hydrogen) atoms. The molecule has 1 aliphatic heterocycles. The molecule has 3 rings (SSSR count). The number of anilines is 1. The van der Waals surface area contributed by atoms with Gasteiger partial charge in [-0.25, -0.2) is 4.39 Å². The molecular formula is C18H14FNO. The van der Waals surface area contributed by atoms with Crippen molar-refractivity contribution in [1.29, 1.82) is 0 Å². The molecule has 2 aromatic rings. The van der Waals surface area contributed by atoms with Crippen LogP contribution in [0, 0.1) is 12.7 Å². The molecule has 3 heteroatoms. The normalized spacial score (nSPS) is 14.6. The zero-order valence-corrected chi connectivity index (χ0v) is 11.6. The van der Waals surface area contributed by atoms with Crippen LogP contribution in [0.15, 0.2) is 66.9 Å². The van der Waals surface area contributed by atoms with Crippen molar-refractivity contribution < 1.29 is 9.18 Å². The molecule has 2 aromatic carbocycles. The smallest absolute Gasteiger partial charge is 0.256 e. The van der Waals surface area contributed by atoms with Crippen LogP contribution in [0.2, 0.25) is 0 Å². The Hall–Kier alpha value is -2.68. The van der Waals surface area contributed by atoms with E-state index in [-0.39, 0.29) is 11.7 Å². The first-order chi connectivity index (χ1) is 10.1. The van der Waals surface area contributed by atoms with Crippen molar-refractivity contribution in [2.45, 2.75) is 6.92 Å². The van der Waals surface area contributed by atoms with E-state index < -0.39 is 0 Å². The molecule has 0 bridgehead atoms. The van der Waals surface area contributed by atoms with Crippen molar-refractivity contribution in [2.75, 3.05) is 4.90 Å². The fraction of sp³-hybridized carbons (Fsp3) is 0.0556. The zero-order chi connectivity index (χ0) is 15.0. The minimum absolute atomic E-state index is 0.206. The summed E-state index contributed by atoms with van der Waals surface area (Å²) in [5, 5.41) is 0. The minimum Gasteiger partial charge on any atom is -0.277 e. The molecule has 0 atom stereocenters. The van der Waals surface area contributed by atoms with Gasteiger partial charge in [-0.15, -0.1) is 0 Å². The quantitative estimate of drug-likeness (QED) is 0.811. The lowest BCUT2D eigenvalue weighted by molar-refractivity contribution is -0.113. The molecule has 104 valence electrons. The van der Waals surface area contributed by atoms with Gasteiger partial charge in [0, 0.05) is 22.9 Å².